The average molecular weight is 355 g/mol. The molecule has 1 aromatic heterocycles. The van der Waals surface area contributed by atoms with Crippen LogP contribution in [0, 0.1) is 12.8 Å². The van der Waals surface area contributed by atoms with E-state index in [0.717, 1.165) is 11.1 Å². The fourth-order valence-corrected chi connectivity index (χ4v) is 3.27. The molecule has 4 rings (SSSR count). The van der Waals surface area contributed by atoms with Crippen molar-refractivity contribution in [1.82, 2.24) is 4.98 Å². The van der Waals surface area contributed by atoms with E-state index in [1.54, 1.807) is 23.1 Å². The molecular weight excluding hydrogens is 340 g/mol. The molecule has 1 amide bonds. The van der Waals surface area contributed by atoms with Gasteiger partial charge in [-0.15, -0.1) is 0 Å². The number of amides is 1. The third-order valence-corrected chi connectivity index (χ3v) is 4.81. The Kier molecular flexibility index (Phi) is 3.81. The standard InChI is InChI=1S/C19H15ClN2O3/c1-11-4-2-3-5-14(11)19-21-15-9-13(6-7-16(15)25-19)22-10-12(18(20)24)8-17(22)23/h2-7,9,12H,8,10H2,1H3. The van der Waals surface area contributed by atoms with Gasteiger partial charge in [0.2, 0.25) is 17.0 Å². The number of carbonyl (C=O) groups is 2. The summed E-state index contributed by atoms with van der Waals surface area (Å²) in [6, 6.07) is 13.3. The lowest BCUT2D eigenvalue weighted by molar-refractivity contribution is -0.120. The Morgan fingerprint density at radius 3 is 2.80 bits per heavy atom. The predicted molar refractivity (Wildman–Crippen MR) is 95.5 cm³/mol. The molecule has 0 bridgehead atoms. The van der Waals surface area contributed by atoms with Crippen LogP contribution in [0.1, 0.15) is 12.0 Å². The number of fused-ring (bicyclic) bond motifs is 1. The van der Waals surface area contributed by atoms with Crippen LogP contribution in [0.3, 0.4) is 0 Å². The quantitative estimate of drug-likeness (QED) is 0.669. The number of anilines is 1. The second-order valence-corrected chi connectivity index (χ2v) is 6.57. The number of halogens is 1. The fourth-order valence-electron chi connectivity index (χ4n) is 3.12. The third kappa shape index (κ3) is 2.81. The summed E-state index contributed by atoms with van der Waals surface area (Å²) in [4.78, 5) is 29.6. The first-order valence-electron chi connectivity index (χ1n) is 7.99. The minimum Gasteiger partial charge on any atom is -0.436 e. The highest BCUT2D eigenvalue weighted by Crippen LogP contribution is 2.31. The third-order valence-electron chi connectivity index (χ3n) is 4.50. The summed E-state index contributed by atoms with van der Waals surface area (Å²) in [5.41, 5.74) is 4.03. The maximum Gasteiger partial charge on any atom is 0.227 e. The molecule has 0 saturated carbocycles. The summed E-state index contributed by atoms with van der Waals surface area (Å²) in [6.45, 7) is 2.30. The molecule has 25 heavy (non-hydrogen) atoms. The molecule has 1 aliphatic heterocycles. The molecule has 2 heterocycles. The molecule has 3 aromatic rings. The zero-order chi connectivity index (χ0) is 17.6. The zero-order valence-corrected chi connectivity index (χ0v) is 14.3. The molecule has 0 radical (unpaired) electrons. The highest BCUT2D eigenvalue weighted by Gasteiger charge is 2.34. The summed E-state index contributed by atoms with van der Waals surface area (Å²) in [5, 5.41) is -0.472. The Hall–Kier alpha value is -2.66. The number of aromatic nitrogens is 1. The van der Waals surface area contributed by atoms with E-state index < -0.39 is 11.2 Å². The van der Waals surface area contributed by atoms with Gasteiger partial charge in [0.25, 0.3) is 0 Å². The zero-order valence-electron chi connectivity index (χ0n) is 13.5. The van der Waals surface area contributed by atoms with Gasteiger partial charge in [-0.05, 0) is 48.4 Å². The van der Waals surface area contributed by atoms with E-state index in [-0.39, 0.29) is 12.3 Å². The largest absolute Gasteiger partial charge is 0.436 e. The Labute approximate surface area is 149 Å². The summed E-state index contributed by atoms with van der Waals surface area (Å²) in [7, 11) is 0. The van der Waals surface area contributed by atoms with Crippen molar-refractivity contribution in [2.45, 2.75) is 13.3 Å². The topological polar surface area (TPSA) is 63.4 Å². The molecule has 1 aliphatic rings. The van der Waals surface area contributed by atoms with Crippen molar-refractivity contribution >= 4 is 39.5 Å². The predicted octanol–water partition coefficient (Wildman–Crippen LogP) is 3.92. The van der Waals surface area contributed by atoms with Crippen molar-refractivity contribution in [2.75, 3.05) is 11.4 Å². The van der Waals surface area contributed by atoms with Crippen LogP contribution in [-0.2, 0) is 9.59 Å². The van der Waals surface area contributed by atoms with Crippen molar-refractivity contribution in [3.05, 3.63) is 48.0 Å². The Balaban J connectivity index is 1.71. The normalized spacial score (nSPS) is 17.4. The summed E-state index contributed by atoms with van der Waals surface area (Å²) < 4.78 is 5.85. The maximum atomic E-state index is 12.2. The molecule has 1 atom stereocenters. The molecule has 1 unspecified atom stereocenters. The molecule has 6 heteroatoms. The number of rotatable bonds is 3. The number of nitrogens with zero attached hydrogens (tertiary/aromatic N) is 2. The lowest BCUT2D eigenvalue weighted by Crippen LogP contribution is -2.25. The molecule has 2 aromatic carbocycles. The van der Waals surface area contributed by atoms with Gasteiger partial charge in [0.1, 0.15) is 5.52 Å². The van der Waals surface area contributed by atoms with Crippen molar-refractivity contribution in [1.29, 1.82) is 0 Å². The molecule has 1 fully saturated rings. The molecule has 5 nitrogen and oxygen atoms in total. The average Bonchev–Trinajstić information content (AvgIpc) is 3.18. The van der Waals surface area contributed by atoms with Crippen molar-refractivity contribution in [3.8, 4) is 11.5 Å². The first kappa shape index (κ1) is 15.8. The molecule has 126 valence electrons. The van der Waals surface area contributed by atoms with Crippen LogP contribution < -0.4 is 4.90 Å². The summed E-state index contributed by atoms with van der Waals surface area (Å²) in [6.07, 6.45) is 0.146. The molecule has 1 saturated heterocycles. The van der Waals surface area contributed by atoms with E-state index >= 15 is 0 Å². The summed E-state index contributed by atoms with van der Waals surface area (Å²) in [5.74, 6) is -0.0162. The second-order valence-electron chi connectivity index (χ2n) is 6.20. The van der Waals surface area contributed by atoms with Gasteiger partial charge in [0, 0.05) is 24.2 Å². The number of hydrogen-bond donors (Lipinski definition) is 0. The van der Waals surface area contributed by atoms with Crippen LogP contribution in [0.2, 0.25) is 0 Å². The maximum absolute atomic E-state index is 12.2. The van der Waals surface area contributed by atoms with Gasteiger partial charge in [-0.3, -0.25) is 9.59 Å². The molecule has 0 aliphatic carbocycles. The summed E-state index contributed by atoms with van der Waals surface area (Å²) >= 11 is 5.54. The van der Waals surface area contributed by atoms with Gasteiger partial charge < -0.3 is 9.32 Å². The van der Waals surface area contributed by atoms with Crippen LogP contribution in [0.15, 0.2) is 46.9 Å². The highest BCUT2D eigenvalue weighted by atomic mass is 35.5. The smallest absolute Gasteiger partial charge is 0.227 e. The van der Waals surface area contributed by atoms with Gasteiger partial charge in [0.15, 0.2) is 5.58 Å². The van der Waals surface area contributed by atoms with E-state index in [0.29, 0.717) is 29.2 Å². The van der Waals surface area contributed by atoms with E-state index in [1.807, 2.05) is 31.2 Å². The molecule has 0 spiro atoms. The molecular formula is C19H15ClN2O3. The minimum absolute atomic E-state index is 0.110. The first-order chi connectivity index (χ1) is 12.0. The van der Waals surface area contributed by atoms with Gasteiger partial charge in [0.05, 0.1) is 5.92 Å². The highest BCUT2D eigenvalue weighted by molar-refractivity contribution is 6.64. The van der Waals surface area contributed by atoms with E-state index in [9.17, 15) is 9.59 Å². The number of oxazole rings is 1. The molecule has 0 N–H and O–H groups in total. The SMILES string of the molecule is Cc1ccccc1-c1nc2cc(N3CC(C(=O)Cl)CC3=O)ccc2o1. The second kappa shape index (κ2) is 6.01. The van der Waals surface area contributed by atoms with Crippen LogP contribution in [0.25, 0.3) is 22.6 Å². The monoisotopic (exact) mass is 354 g/mol. The number of aryl methyl sites for hydroxylation is 1. The van der Waals surface area contributed by atoms with Gasteiger partial charge in [-0.25, -0.2) is 4.98 Å². The van der Waals surface area contributed by atoms with E-state index in [1.165, 1.54) is 0 Å². The Morgan fingerprint density at radius 1 is 1.28 bits per heavy atom. The van der Waals surface area contributed by atoms with Crippen LogP contribution in [0.5, 0.6) is 0 Å². The van der Waals surface area contributed by atoms with Crippen molar-refractivity contribution < 1.29 is 14.0 Å². The van der Waals surface area contributed by atoms with Crippen molar-refractivity contribution in [2.24, 2.45) is 5.92 Å². The van der Waals surface area contributed by atoms with Crippen LogP contribution in [-0.4, -0.2) is 22.7 Å². The van der Waals surface area contributed by atoms with E-state index in [4.69, 9.17) is 16.0 Å². The Morgan fingerprint density at radius 2 is 2.08 bits per heavy atom. The van der Waals surface area contributed by atoms with Gasteiger partial charge in [-0.1, -0.05) is 18.2 Å². The van der Waals surface area contributed by atoms with Gasteiger partial charge in [-0.2, -0.15) is 0 Å². The van der Waals surface area contributed by atoms with Crippen LogP contribution >= 0.6 is 11.6 Å². The minimum atomic E-state index is -0.472. The first-order valence-corrected chi connectivity index (χ1v) is 8.37. The lowest BCUT2D eigenvalue weighted by atomic mass is 10.1. The number of benzene rings is 2. The van der Waals surface area contributed by atoms with Crippen LogP contribution in [0.4, 0.5) is 5.69 Å². The fraction of sp³-hybridized carbons (Fsp3) is 0.211. The number of carbonyl (C=O) groups excluding carboxylic acids is 2. The van der Waals surface area contributed by atoms with Gasteiger partial charge >= 0.3 is 0 Å². The number of hydrogen-bond acceptors (Lipinski definition) is 4. The lowest BCUT2D eigenvalue weighted by Gasteiger charge is -2.15. The Bertz CT molecular complexity index is 995. The van der Waals surface area contributed by atoms with E-state index in [2.05, 4.69) is 4.98 Å². The van der Waals surface area contributed by atoms with Crippen molar-refractivity contribution in [3.63, 3.8) is 0 Å².